The third-order valence-electron chi connectivity index (χ3n) is 3.51. The molecule has 1 fully saturated rings. The van der Waals surface area contributed by atoms with Gasteiger partial charge in [0, 0.05) is 19.1 Å². The smallest absolute Gasteiger partial charge is 0.320 e. The average molecular weight is 256 g/mol. The van der Waals surface area contributed by atoms with Crippen LogP contribution in [0.15, 0.2) is 5.16 Å². The quantitative estimate of drug-likeness (QED) is 0.338. The second-order valence-corrected chi connectivity index (χ2v) is 4.61. The van der Waals surface area contributed by atoms with Crippen LogP contribution in [0.4, 0.5) is 4.79 Å². The van der Waals surface area contributed by atoms with Crippen LogP contribution in [0.5, 0.6) is 0 Å². The molecule has 1 aliphatic carbocycles. The van der Waals surface area contributed by atoms with E-state index in [1.807, 2.05) is 13.8 Å². The van der Waals surface area contributed by atoms with Gasteiger partial charge >= 0.3 is 6.03 Å². The highest BCUT2D eigenvalue weighted by Crippen LogP contribution is 2.24. The Hall–Kier alpha value is -1.46. The van der Waals surface area contributed by atoms with Gasteiger partial charge in [-0.05, 0) is 26.7 Å². The Kier molecular flexibility index (Phi) is 5.74. The molecule has 2 amide bonds. The van der Waals surface area contributed by atoms with Gasteiger partial charge in [-0.3, -0.25) is 0 Å². The van der Waals surface area contributed by atoms with E-state index in [1.165, 1.54) is 0 Å². The zero-order chi connectivity index (χ0) is 13.5. The van der Waals surface area contributed by atoms with E-state index in [0.29, 0.717) is 13.1 Å². The van der Waals surface area contributed by atoms with Gasteiger partial charge in [0.05, 0.1) is 6.54 Å². The summed E-state index contributed by atoms with van der Waals surface area (Å²) in [7, 11) is 0. The fraction of sp³-hybridized carbons (Fsp3) is 0.833. The van der Waals surface area contributed by atoms with E-state index in [9.17, 15) is 4.79 Å². The van der Waals surface area contributed by atoms with Gasteiger partial charge < -0.3 is 20.7 Å². The molecule has 0 spiro atoms. The third kappa shape index (κ3) is 3.51. The first-order valence-corrected chi connectivity index (χ1v) is 6.65. The average Bonchev–Trinajstić information content (AvgIpc) is 2.90. The van der Waals surface area contributed by atoms with Gasteiger partial charge in [-0.15, -0.1) is 0 Å². The zero-order valence-corrected chi connectivity index (χ0v) is 11.3. The zero-order valence-electron chi connectivity index (χ0n) is 11.3. The molecule has 0 unspecified atom stereocenters. The molecule has 0 aliphatic heterocycles. The molecule has 18 heavy (non-hydrogen) atoms. The van der Waals surface area contributed by atoms with Crippen molar-refractivity contribution in [2.24, 2.45) is 10.9 Å². The van der Waals surface area contributed by atoms with E-state index >= 15 is 0 Å². The van der Waals surface area contributed by atoms with Crippen molar-refractivity contribution in [3.8, 4) is 0 Å². The first kappa shape index (κ1) is 14.6. The number of hydrogen-bond donors (Lipinski definition) is 2. The SMILES string of the molecule is CCN(CC)C(=O)N(CC(N)=NO)C1CCCC1. The van der Waals surface area contributed by atoms with Gasteiger partial charge in [0.15, 0.2) is 5.84 Å². The standard InChI is InChI=1S/C12H24N4O2/c1-3-15(4-2)12(17)16(9-11(13)14-18)10-7-5-6-8-10/h10,18H,3-9H2,1-2H3,(H2,13,14). The molecule has 0 radical (unpaired) electrons. The molecule has 6 nitrogen and oxygen atoms in total. The maximum Gasteiger partial charge on any atom is 0.320 e. The molecular weight excluding hydrogens is 232 g/mol. The molecule has 0 aromatic heterocycles. The van der Waals surface area contributed by atoms with E-state index in [0.717, 1.165) is 25.7 Å². The number of carbonyl (C=O) groups is 1. The fourth-order valence-corrected chi connectivity index (χ4v) is 2.45. The first-order valence-electron chi connectivity index (χ1n) is 6.65. The van der Waals surface area contributed by atoms with Crippen LogP contribution in [0.25, 0.3) is 0 Å². The highest BCUT2D eigenvalue weighted by molar-refractivity contribution is 5.86. The summed E-state index contributed by atoms with van der Waals surface area (Å²) in [4.78, 5) is 15.9. The number of oxime groups is 1. The minimum Gasteiger partial charge on any atom is -0.409 e. The number of urea groups is 1. The molecule has 0 atom stereocenters. The van der Waals surface area contributed by atoms with E-state index < -0.39 is 0 Å². The Morgan fingerprint density at radius 2 is 1.89 bits per heavy atom. The third-order valence-corrected chi connectivity index (χ3v) is 3.51. The summed E-state index contributed by atoms with van der Waals surface area (Å²) in [5.74, 6) is 0.0856. The van der Waals surface area contributed by atoms with E-state index in [4.69, 9.17) is 10.9 Å². The van der Waals surface area contributed by atoms with Gasteiger partial charge in [-0.2, -0.15) is 0 Å². The summed E-state index contributed by atoms with van der Waals surface area (Å²) in [5, 5.41) is 11.6. The van der Waals surface area contributed by atoms with Gasteiger partial charge in [0.1, 0.15) is 0 Å². The molecule has 0 heterocycles. The van der Waals surface area contributed by atoms with E-state index in [2.05, 4.69) is 5.16 Å². The van der Waals surface area contributed by atoms with Crippen molar-refractivity contribution in [2.45, 2.75) is 45.6 Å². The van der Waals surface area contributed by atoms with E-state index in [-0.39, 0.29) is 24.5 Å². The Bertz CT molecular complexity index is 296. The van der Waals surface area contributed by atoms with Crippen LogP contribution in [-0.2, 0) is 0 Å². The minimum atomic E-state index is -0.0153. The number of amidine groups is 1. The number of nitrogens with zero attached hydrogens (tertiary/aromatic N) is 3. The predicted octanol–water partition coefficient (Wildman–Crippen LogP) is 1.44. The largest absolute Gasteiger partial charge is 0.409 e. The summed E-state index contributed by atoms with van der Waals surface area (Å²) >= 11 is 0. The normalized spacial score (nSPS) is 16.9. The van der Waals surface area contributed by atoms with E-state index in [1.54, 1.807) is 9.80 Å². The van der Waals surface area contributed by atoms with Gasteiger partial charge in [-0.1, -0.05) is 18.0 Å². The molecule has 0 aromatic carbocycles. The van der Waals surface area contributed by atoms with Gasteiger partial charge in [0.25, 0.3) is 0 Å². The Labute approximate surface area is 108 Å². The molecule has 0 saturated heterocycles. The van der Waals surface area contributed by atoms with Crippen molar-refractivity contribution in [2.75, 3.05) is 19.6 Å². The van der Waals surface area contributed by atoms with Crippen molar-refractivity contribution in [1.29, 1.82) is 0 Å². The second-order valence-electron chi connectivity index (χ2n) is 4.61. The predicted molar refractivity (Wildman–Crippen MR) is 70.7 cm³/mol. The topological polar surface area (TPSA) is 82.2 Å². The Morgan fingerprint density at radius 3 is 2.33 bits per heavy atom. The molecule has 0 bridgehead atoms. The molecule has 3 N–H and O–H groups in total. The lowest BCUT2D eigenvalue weighted by Crippen LogP contribution is -2.50. The van der Waals surface area contributed by atoms with Crippen LogP contribution < -0.4 is 5.73 Å². The van der Waals surface area contributed by atoms with Crippen LogP contribution in [0.2, 0.25) is 0 Å². The van der Waals surface area contributed by atoms with Crippen molar-refractivity contribution >= 4 is 11.9 Å². The number of nitrogens with two attached hydrogens (primary N) is 1. The van der Waals surface area contributed by atoms with Crippen molar-refractivity contribution in [1.82, 2.24) is 9.80 Å². The van der Waals surface area contributed by atoms with Crippen LogP contribution in [0, 0.1) is 0 Å². The van der Waals surface area contributed by atoms with Gasteiger partial charge in [0.2, 0.25) is 0 Å². The fourth-order valence-electron chi connectivity index (χ4n) is 2.45. The molecule has 0 aromatic rings. The maximum absolute atomic E-state index is 12.4. The second kappa shape index (κ2) is 7.08. The summed E-state index contributed by atoms with van der Waals surface area (Å²) in [6, 6.07) is 0.205. The summed E-state index contributed by atoms with van der Waals surface area (Å²) in [5.41, 5.74) is 5.55. The number of amides is 2. The number of rotatable bonds is 5. The Balaban J connectivity index is 2.78. The monoisotopic (exact) mass is 256 g/mol. The molecule has 104 valence electrons. The summed E-state index contributed by atoms with van der Waals surface area (Å²) in [6.07, 6.45) is 4.29. The lowest BCUT2D eigenvalue weighted by molar-refractivity contribution is 0.145. The summed E-state index contributed by atoms with van der Waals surface area (Å²) < 4.78 is 0. The van der Waals surface area contributed by atoms with Crippen molar-refractivity contribution in [3.05, 3.63) is 0 Å². The van der Waals surface area contributed by atoms with Crippen LogP contribution in [0.1, 0.15) is 39.5 Å². The molecule has 1 saturated carbocycles. The number of hydrogen-bond acceptors (Lipinski definition) is 3. The highest BCUT2D eigenvalue weighted by atomic mass is 16.4. The van der Waals surface area contributed by atoms with Crippen LogP contribution >= 0.6 is 0 Å². The summed E-state index contributed by atoms with van der Waals surface area (Å²) in [6.45, 7) is 5.47. The first-order chi connectivity index (χ1) is 8.63. The van der Waals surface area contributed by atoms with Crippen LogP contribution in [0.3, 0.4) is 0 Å². The van der Waals surface area contributed by atoms with Crippen LogP contribution in [-0.4, -0.2) is 52.5 Å². The molecule has 1 rings (SSSR count). The molecule has 6 heteroatoms. The van der Waals surface area contributed by atoms with Gasteiger partial charge in [-0.25, -0.2) is 4.79 Å². The van der Waals surface area contributed by atoms with Crippen molar-refractivity contribution in [3.63, 3.8) is 0 Å². The molecule has 1 aliphatic rings. The lowest BCUT2D eigenvalue weighted by atomic mass is 10.2. The molecular formula is C12H24N4O2. The number of carbonyl (C=O) groups excluding carboxylic acids is 1. The minimum absolute atomic E-state index is 0.0153. The highest BCUT2D eigenvalue weighted by Gasteiger charge is 2.29. The van der Waals surface area contributed by atoms with Crippen molar-refractivity contribution < 1.29 is 10.0 Å². The Morgan fingerprint density at radius 1 is 1.33 bits per heavy atom. The maximum atomic E-state index is 12.4. The lowest BCUT2D eigenvalue weighted by Gasteiger charge is -2.33.